The maximum absolute atomic E-state index is 13.3. The molecule has 2 heterocycles. The molecule has 100 valence electrons. The van der Waals surface area contributed by atoms with Gasteiger partial charge >= 0.3 is 5.69 Å². The van der Waals surface area contributed by atoms with E-state index >= 15 is 0 Å². The van der Waals surface area contributed by atoms with Gasteiger partial charge in [0.25, 0.3) is 0 Å². The molecule has 1 atom stereocenters. The van der Waals surface area contributed by atoms with Crippen LogP contribution >= 0.6 is 0 Å². The van der Waals surface area contributed by atoms with Crippen molar-refractivity contribution in [3.05, 3.63) is 16.3 Å². The lowest BCUT2D eigenvalue weighted by Crippen LogP contribution is -2.27. The van der Waals surface area contributed by atoms with Crippen molar-refractivity contribution >= 4 is 11.5 Å². The van der Waals surface area contributed by atoms with Gasteiger partial charge in [0.15, 0.2) is 0 Å². The number of halogens is 1. The Bertz CT molecular complexity index is 435. The Morgan fingerprint density at radius 1 is 1.56 bits per heavy atom. The number of rotatable bonds is 3. The molecule has 0 bridgehead atoms. The summed E-state index contributed by atoms with van der Waals surface area (Å²) >= 11 is 0. The molecular formula is C11H17FN4O2. The zero-order chi connectivity index (χ0) is 13.1. The van der Waals surface area contributed by atoms with Crippen LogP contribution in [0.3, 0.4) is 0 Å². The van der Waals surface area contributed by atoms with Gasteiger partial charge in [0, 0.05) is 19.6 Å². The van der Waals surface area contributed by atoms with Gasteiger partial charge in [-0.1, -0.05) is 0 Å². The Morgan fingerprint density at radius 2 is 2.33 bits per heavy atom. The molecule has 7 heteroatoms. The highest BCUT2D eigenvalue weighted by Gasteiger charge is 2.27. The fourth-order valence-electron chi connectivity index (χ4n) is 2.32. The van der Waals surface area contributed by atoms with E-state index in [0.717, 1.165) is 0 Å². The molecule has 0 saturated carbocycles. The molecule has 1 saturated heterocycles. The number of nitrogens with zero attached hydrogens (tertiary/aromatic N) is 4. The summed E-state index contributed by atoms with van der Waals surface area (Å²) < 4.78 is 14.9. The Morgan fingerprint density at radius 3 is 3.00 bits per heavy atom. The highest BCUT2D eigenvalue weighted by Crippen LogP contribution is 2.30. The Kier molecular flexibility index (Phi) is 3.78. The van der Waals surface area contributed by atoms with E-state index in [9.17, 15) is 14.5 Å². The average Bonchev–Trinajstić information content (AvgIpc) is 2.66. The Labute approximate surface area is 105 Å². The van der Waals surface area contributed by atoms with E-state index in [-0.39, 0.29) is 5.69 Å². The Balaban J connectivity index is 2.30. The molecule has 0 aliphatic carbocycles. The zero-order valence-corrected chi connectivity index (χ0v) is 10.4. The van der Waals surface area contributed by atoms with Crippen LogP contribution in [0.15, 0.2) is 6.20 Å². The van der Waals surface area contributed by atoms with E-state index in [1.807, 2.05) is 11.8 Å². The Hall–Kier alpha value is -1.66. The van der Waals surface area contributed by atoms with Crippen LogP contribution < -0.4 is 4.90 Å². The topological polar surface area (TPSA) is 64.2 Å². The van der Waals surface area contributed by atoms with E-state index in [1.165, 1.54) is 6.20 Å². The summed E-state index contributed by atoms with van der Waals surface area (Å²) in [6.07, 6.45) is 2.15. The minimum Gasteiger partial charge on any atom is -0.351 e. The number of anilines is 1. The fraction of sp³-hybridized carbons (Fsp3) is 0.727. The van der Waals surface area contributed by atoms with Crippen molar-refractivity contribution in [1.82, 2.24) is 9.78 Å². The predicted octanol–water partition coefficient (Wildman–Crippen LogP) is 2.14. The SMILES string of the molecule is CCn1ncc([N+](=O)[O-])c1N1CCCC(F)CC1. The zero-order valence-electron chi connectivity index (χ0n) is 10.4. The van der Waals surface area contributed by atoms with Crippen molar-refractivity contribution in [2.45, 2.75) is 38.9 Å². The summed E-state index contributed by atoms with van der Waals surface area (Å²) in [5.41, 5.74) is 0.00848. The van der Waals surface area contributed by atoms with E-state index in [1.54, 1.807) is 4.68 Å². The van der Waals surface area contributed by atoms with Crippen LogP contribution in [0.2, 0.25) is 0 Å². The second kappa shape index (κ2) is 5.32. The predicted molar refractivity (Wildman–Crippen MR) is 65.5 cm³/mol. The van der Waals surface area contributed by atoms with Gasteiger partial charge in [0.2, 0.25) is 5.82 Å². The first kappa shape index (κ1) is 12.8. The van der Waals surface area contributed by atoms with Crippen LogP contribution in [0.25, 0.3) is 0 Å². The first-order valence-corrected chi connectivity index (χ1v) is 6.22. The van der Waals surface area contributed by atoms with Crippen LogP contribution in [0.1, 0.15) is 26.2 Å². The van der Waals surface area contributed by atoms with Gasteiger partial charge in [-0.05, 0) is 26.2 Å². The smallest absolute Gasteiger partial charge is 0.331 e. The summed E-state index contributed by atoms with van der Waals surface area (Å²) in [5, 5.41) is 15.0. The lowest BCUT2D eigenvalue weighted by atomic mass is 10.2. The largest absolute Gasteiger partial charge is 0.351 e. The van der Waals surface area contributed by atoms with E-state index < -0.39 is 11.1 Å². The number of hydrogen-bond donors (Lipinski definition) is 0. The highest BCUT2D eigenvalue weighted by atomic mass is 19.1. The number of alkyl halides is 1. The van der Waals surface area contributed by atoms with E-state index in [0.29, 0.717) is 44.7 Å². The third kappa shape index (κ3) is 2.44. The second-order valence-corrected chi connectivity index (χ2v) is 4.44. The van der Waals surface area contributed by atoms with Crippen molar-refractivity contribution < 1.29 is 9.31 Å². The molecule has 0 radical (unpaired) electrons. The van der Waals surface area contributed by atoms with Crippen LogP contribution in [-0.4, -0.2) is 34.0 Å². The van der Waals surface area contributed by atoms with E-state index in [2.05, 4.69) is 5.10 Å². The normalized spacial score (nSPS) is 20.8. The first-order valence-electron chi connectivity index (χ1n) is 6.22. The van der Waals surface area contributed by atoms with Crippen LogP contribution in [0.4, 0.5) is 15.9 Å². The fourth-order valence-corrected chi connectivity index (χ4v) is 2.32. The van der Waals surface area contributed by atoms with Gasteiger partial charge in [-0.25, -0.2) is 9.07 Å². The summed E-state index contributed by atoms with van der Waals surface area (Å²) in [6, 6.07) is 0. The summed E-state index contributed by atoms with van der Waals surface area (Å²) in [7, 11) is 0. The third-order valence-electron chi connectivity index (χ3n) is 3.25. The van der Waals surface area contributed by atoms with Crippen LogP contribution in [-0.2, 0) is 6.54 Å². The molecular weight excluding hydrogens is 239 g/mol. The molecule has 1 aliphatic heterocycles. The quantitative estimate of drug-likeness (QED) is 0.614. The summed E-state index contributed by atoms with van der Waals surface area (Å²) in [6.45, 7) is 3.61. The van der Waals surface area contributed by atoms with Gasteiger partial charge in [0.1, 0.15) is 12.4 Å². The number of aryl methyl sites for hydroxylation is 1. The number of hydrogen-bond acceptors (Lipinski definition) is 4. The molecule has 0 N–H and O–H groups in total. The number of aromatic nitrogens is 2. The van der Waals surface area contributed by atoms with Crippen molar-refractivity contribution in [3.63, 3.8) is 0 Å². The standard InChI is InChI=1S/C11H17FN4O2/c1-2-15-11(10(8-13-15)16(17)18)14-6-3-4-9(12)5-7-14/h8-9H,2-7H2,1H3. The molecule has 2 rings (SSSR count). The molecule has 0 aromatic carbocycles. The van der Waals surface area contributed by atoms with Crippen LogP contribution in [0, 0.1) is 10.1 Å². The van der Waals surface area contributed by atoms with E-state index in [4.69, 9.17) is 0 Å². The molecule has 1 aliphatic rings. The van der Waals surface area contributed by atoms with Crippen molar-refractivity contribution in [1.29, 1.82) is 0 Å². The molecule has 18 heavy (non-hydrogen) atoms. The lowest BCUT2D eigenvalue weighted by Gasteiger charge is -2.22. The first-order chi connectivity index (χ1) is 8.63. The van der Waals surface area contributed by atoms with Gasteiger partial charge in [0.05, 0.1) is 4.92 Å². The van der Waals surface area contributed by atoms with Crippen molar-refractivity contribution in [2.75, 3.05) is 18.0 Å². The van der Waals surface area contributed by atoms with Crippen molar-refractivity contribution in [3.8, 4) is 0 Å². The molecule has 1 aromatic heterocycles. The van der Waals surface area contributed by atoms with Gasteiger partial charge in [-0.2, -0.15) is 5.10 Å². The van der Waals surface area contributed by atoms with Gasteiger partial charge < -0.3 is 4.90 Å². The molecule has 0 spiro atoms. The molecule has 1 unspecified atom stereocenters. The summed E-state index contributed by atoms with van der Waals surface area (Å²) in [4.78, 5) is 12.5. The lowest BCUT2D eigenvalue weighted by molar-refractivity contribution is -0.384. The third-order valence-corrected chi connectivity index (χ3v) is 3.25. The molecule has 1 fully saturated rings. The molecule has 1 aromatic rings. The molecule has 0 amide bonds. The average molecular weight is 256 g/mol. The minimum absolute atomic E-state index is 0.00848. The highest BCUT2D eigenvalue weighted by molar-refractivity contribution is 5.57. The van der Waals surface area contributed by atoms with Gasteiger partial charge in [-0.15, -0.1) is 0 Å². The monoisotopic (exact) mass is 256 g/mol. The van der Waals surface area contributed by atoms with Crippen LogP contribution in [0.5, 0.6) is 0 Å². The summed E-state index contributed by atoms with van der Waals surface area (Å²) in [5.74, 6) is 0.511. The second-order valence-electron chi connectivity index (χ2n) is 4.44. The van der Waals surface area contributed by atoms with Crippen molar-refractivity contribution in [2.24, 2.45) is 0 Å². The minimum atomic E-state index is -0.799. The van der Waals surface area contributed by atoms with Gasteiger partial charge in [-0.3, -0.25) is 10.1 Å². The maximum Gasteiger partial charge on any atom is 0.331 e. The molecule has 6 nitrogen and oxygen atoms in total. The number of nitro groups is 1. The maximum atomic E-state index is 13.3.